The third-order valence-electron chi connectivity index (χ3n) is 5.88. The smallest absolute Gasteiger partial charge is 0.243 e. The van der Waals surface area contributed by atoms with E-state index < -0.39 is 6.04 Å². The summed E-state index contributed by atoms with van der Waals surface area (Å²) in [6.07, 6.45) is 2.25. The van der Waals surface area contributed by atoms with Crippen LogP contribution in [0.2, 0.25) is 15.1 Å². The van der Waals surface area contributed by atoms with Gasteiger partial charge in [-0.1, -0.05) is 96.7 Å². The van der Waals surface area contributed by atoms with Crippen LogP contribution in [0.25, 0.3) is 0 Å². The van der Waals surface area contributed by atoms with E-state index >= 15 is 0 Å². The number of carbonyl (C=O) groups is 2. The first kappa shape index (κ1) is 29.4. The van der Waals surface area contributed by atoms with Crippen LogP contribution in [-0.4, -0.2) is 35.1 Å². The highest BCUT2D eigenvalue weighted by molar-refractivity contribution is 7.99. The monoisotopic (exact) mass is 576 g/mol. The second kappa shape index (κ2) is 15.3. The number of nitrogens with one attached hydrogen (secondary N) is 1. The maximum Gasteiger partial charge on any atom is 0.243 e. The highest BCUT2D eigenvalue weighted by Gasteiger charge is 2.30. The molecule has 196 valence electrons. The van der Waals surface area contributed by atoms with Gasteiger partial charge in [0.15, 0.2) is 0 Å². The van der Waals surface area contributed by atoms with E-state index in [-0.39, 0.29) is 24.1 Å². The van der Waals surface area contributed by atoms with Crippen molar-refractivity contribution in [3.63, 3.8) is 0 Å². The molecule has 0 aromatic heterocycles. The van der Waals surface area contributed by atoms with E-state index in [4.69, 9.17) is 34.8 Å². The Morgan fingerprint density at radius 1 is 0.919 bits per heavy atom. The van der Waals surface area contributed by atoms with Crippen LogP contribution in [0.1, 0.15) is 36.5 Å². The molecule has 0 unspecified atom stereocenters. The molecule has 0 spiro atoms. The highest BCUT2D eigenvalue weighted by Crippen LogP contribution is 2.28. The van der Waals surface area contributed by atoms with Crippen molar-refractivity contribution < 1.29 is 9.59 Å². The molecule has 3 rings (SSSR count). The van der Waals surface area contributed by atoms with Crippen molar-refractivity contribution in [2.75, 3.05) is 12.3 Å². The van der Waals surface area contributed by atoms with Gasteiger partial charge in [-0.15, -0.1) is 11.8 Å². The molecule has 37 heavy (non-hydrogen) atoms. The van der Waals surface area contributed by atoms with Crippen LogP contribution in [0.5, 0.6) is 0 Å². The van der Waals surface area contributed by atoms with Crippen molar-refractivity contribution in [2.24, 2.45) is 0 Å². The summed E-state index contributed by atoms with van der Waals surface area (Å²) in [5.41, 5.74) is 2.64. The van der Waals surface area contributed by atoms with Crippen molar-refractivity contribution >= 4 is 58.4 Å². The van der Waals surface area contributed by atoms with Crippen LogP contribution in [0, 0.1) is 0 Å². The molecule has 3 aromatic carbocycles. The molecule has 1 atom stereocenters. The molecular weight excluding hydrogens is 547 g/mol. The van der Waals surface area contributed by atoms with Gasteiger partial charge < -0.3 is 10.2 Å². The van der Waals surface area contributed by atoms with Crippen LogP contribution in [-0.2, 0) is 28.3 Å². The maximum atomic E-state index is 13.7. The summed E-state index contributed by atoms with van der Waals surface area (Å²) >= 11 is 20.3. The molecule has 0 saturated heterocycles. The number of rotatable bonds is 13. The Morgan fingerprint density at radius 2 is 1.59 bits per heavy atom. The number of nitrogens with zero attached hydrogens (tertiary/aromatic N) is 1. The molecule has 0 bridgehead atoms. The average molecular weight is 578 g/mol. The number of unbranched alkanes of at least 4 members (excludes halogenated alkanes) is 1. The summed E-state index contributed by atoms with van der Waals surface area (Å²) in [7, 11) is 0. The third kappa shape index (κ3) is 9.26. The molecule has 0 heterocycles. The first-order chi connectivity index (χ1) is 17.9. The van der Waals surface area contributed by atoms with Gasteiger partial charge in [-0.05, 0) is 47.4 Å². The summed E-state index contributed by atoms with van der Waals surface area (Å²) < 4.78 is 0. The molecule has 4 nitrogen and oxygen atoms in total. The fourth-order valence-electron chi connectivity index (χ4n) is 3.89. The molecule has 0 aliphatic heterocycles. The van der Waals surface area contributed by atoms with E-state index in [0.29, 0.717) is 33.8 Å². The van der Waals surface area contributed by atoms with E-state index in [1.54, 1.807) is 29.2 Å². The second-order valence-electron chi connectivity index (χ2n) is 8.69. The number of hydrogen-bond donors (Lipinski definition) is 1. The van der Waals surface area contributed by atoms with Crippen LogP contribution in [0.15, 0.2) is 72.8 Å². The number of carbonyl (C=O) groups excluding carboxylic acids is 2. The molecule has 0 aliphatic rings. The number of amides is 2. The summed E-state index contributed by atoms with van der Waals surface area (Å²) in [5, 5.41) is 4.76. The normalized spacial score (nSPS) is 11.7. The minimum atomic E-state index is -0.671. The number of hydrogen-bond acceptors (Lipinski definition) is 3. The number of benzene rings is 3. The van der Waals surface area contributed by atoms with Gasteiger partial charge >= 0.3 is 0 Å². The summed E-state index contributed by atoms with van der Waals surface area (Å²) in [4.78, 5) is 28.8. The Bertz CT molecular complexity index is 1160. The molecule has 3 aromatic rings. The van der Waals surface area contributed by atoms with Gasteiger partial charge in [-0.2, -0.15) is 0 Å². The predicted octanol–water partition coefficient (Wildman–Crippen LogP) is 7.44. The Kier molecular flexibility index (Phi) is 12.1. The first-order valence-corrected chi connectivity index (χ1v) is 14.5. The Hall–Kier alpha value is -2.18. The van der Waals surface area contributed by atoms with Crippen LogP contribution >= 0.6 is 46.6 Å². The standard InChI is InChI=1S/C29H31Cl3N2O2S/c1-2-3-15-33-29(36)27(17-21-9-5-4-6-10-21)34(18-22-11-7-12-23(30)16-22)28(35)20-37-19-24-25(31)13-8-14-26(24)32/h4-14,16,27H,2-3,15,17-20H2,1H3,(H,33,36)/t27-/m1/s1. The Morgan fingerprint density at radius 3 is 2.27 bits per heavy atom. The lowest BCUT2D eigenvalue weighted by molar-refractivity contribution is -0.139. The van der Waals surface area contributed by atoms with Gasteiger partial charge in [-0.3, -0.25) is 9.59 Å². The van der Waals surface area contributed by atoms with E-state index in [1.165, 1.54) is 11.8 Å². The Balaban J connectivity index is 1.85. The maximum absolute atomic E-state index is 13.7. The van der Waals surface area contributed by atoms with Crippen molar-refractivity contribution in [3.8, 4) is 0 Å². The zero-order valence-electron chi connectivity index (χ0n) is 20.8. The van der Waals surface area contributed by atoms with Gasteiger partial charge in [-0.25, -0.2) is 0 Å². The SMILES string of the molecule is CCCCNC(=O)[C@@H](Cc1ccccc1)N(Cc1cccc(Cl)c1)C(=O)CSCc1c(Cl)cccc1Cl. The molecular formula is C29H31Cl3N2O2S. The van der Waals surface area contributed by atoms with Crippen molar-refractivity contribution in [3.05, 3.63) is 105 Å². The minimum absolute atomic E-state index is 0.139. The van der Waals surface area contributed by atoms with Crippen molar-refractivity contribution in [2.45, 2.75) is 44.5 Å². The average Bonchev–Trinajstić information content (AvgIpc) is 2.88. The van der Waals surface area contributed by atoms with E-state index in [1.807, 2.05) is 48.5 Å². The molecule has 1 N–H and O–H groups in total. The molecule has 0 aliphatic carbocycles. The predicted molar refractivity (Wildman–Crippen MR) is 156 cm³/mol. The summed E-state index contributed by atoms with van der Waals surface area (Å²) in [6, 6.07) is 21.8. The zero-order valence-corrected chi connectivity index (χ0v) is 23.8. The topological polar surface area (TPSA) is 49.4 Å². The summed E-state index contributed by atoms with van der Waals surface area (Å²) in [6.45, 7) is 2.91. The van der Waals surface area contributed by atoms with E-state index in [2.05, 4.69) is 12.2 Å². The van der Waals surface area contributed by atoms with Gasteiger partial charge in [0.05, 0.1) is 5.75 Å². The third-order valence-corrected chi connectivity index (χ3v) is 7.76. The van der Waals surface area contributed by atoms with Crippen molar-refractivity contribution in [1.29, 1.82) is 0 Å². The summed E-state index contributed by atoms with van der Waals surface area (Å²) in [5.74, 6) is 0.364. The quantitative estimate of drug-likeness (QED) is 0.215. The van der Waals surface area contributed by atoms with Gasteiger partial charge in [0, 0.05) is 40.3 Å². The molecule has 2 amide bonds. The molecule has 0 saturated carbocycles. The zero-order chi connectivity index (χ0) is 26.6. The van der Waals surface area contributed by atoms with E-state index in [0.717, 1.165) is 29.5 Å². The minimum Gasteiger partial charge on any atom is -0.354 e. The second-order valence-corrected chi connectivity index (χ2v) is 10.9. The van der Waals surface area contributed by atoms with Gasteiger partial charge in [0.2, 0.25) is 11.8 Å². The fraction of sp³-hybridized carbons (Fsp3) is 0.310. The number of thioether (sulfide) groups is 1. The highest BCUT2D eigenvalue weighted by atomic mass is 35.5. The molecule has 8 heteroatoms. The van der Waals surface area contributed by atoms with Gasteiger partial charge in [0.1, 0.15) is 6.04 Å². The van der Waals surface area contributed by atoms with E-state index in [9.17, 15) is 9.59 Å². The largest absolute Gasteiger partial charge is 0.354 e. The number of halogens is 3. The van der Waals surface area contributed by atoms with Crippen molar-refractivity contribution in [1.82, 2.24) is 10.2 Å². The Labute approximate surface area is 238 Å². The van der Waals surface area contributed by atoms with Crippen LogP contribution in [0.4, 0.5) is 0 Å². The lowest BCUT2D eigenvalue weighted by atomic mass is 10.0. The first-order valence-electron chi connectivity index (χ1n) is 12.2. The fourth-order valence-corrected chi connectivity index (χ4v) is 5.75. The van der Waals surface area contributed by atoms with Crippen LogP contribution in [0.3, 0.4) is 0 Å². The lowest BCUT2D eigenvalue weighted by Crippen LogP contribution is -2.51. The molecule has 0 radical (unpaired) electrons. The molecule has 0 fully saturated rings. The van der Waals surface area contributed by atoms with Crippen LogP contribution < -0.4 is 5.32 Å². The van der Waals surface area contributed by atoms with Gasteiger partial charge in [0.25, 0.3) is 0 Å². The lowest BCUT2D eigenvalue weighted by Gasteiger charge is -2.31.